The van der Waals surface area contributed by atoms with E-state index >= 15 is 0 Å². The largest absolute Gasteiger partial charge is 0.480 e. The number of carbonyl (C=O) groups excluding carboxylic acids is 3. The molecule has 12 nitrogen and oxygen atoms in total. The minimum atomic E-state index is -1.62. The number of benzene rings is 1. The van der Waals surface area contributed by atoms with Crippen LogP contribution >= 0.6 is 12.6 Å². The van der Waals surface area contributed by atoms with Crippen molar-refractivity contribution in [3.63, 3.8) is 0 Å². The first kappa shape index (κ1) is 27.1. The Morgan fingerprint density at radius 2 is 1.71 bits per heavy atom. The van der Waals surface area contributed by atoms with Gasteiger partial charge in [0.1, 0.15) is 18.1 Å². The molecule has 5 unspecified atom stereocenters. The van der Waals surface area contributed by atoms with Crippen molar-refractivity contribution in [2.24, 2.45) is 5.73 Å². The van der Waals surface area contributed by atoms with Gasteiger partial charge in [-0.15, -0.1) is 0 Å². The van der Waals surface area contributed by atoms with Crippen LogP contribution in [0, 0.1) is 0 Å². The third-order valence-corrected chi connectivity index (χ3v) is 5.49. The van der Waals surface area contributed by atoms with Crippen LogP contribution in [0.2, 0.25) is 0 Å². The van der Waals surface area contributed by atoms with Crippen molar-refractivity contribution in [2.45, 2.75) is 43.6 Å². The SMILES string of the molecule is CC(O)C(NC(=O)C(CS)NC(=O)C(N)Cc1c[nH]c2ccccc12)C(=O)NC(CO)C(=O)O. The average Bonchev–Trinajstić information content (AvgIpc) is 3.21. The molecular formula is C21H29N5O7S. The number of carboxylic acid groups (broad SMARTS) is 1. The summed E-state index contributed by atoms with van der Waals surface area (Å²) in [7, 11) is 0. The zero-order valence-electron chi connectivity index (χ0n) is 18.4. The van der Waals surface area contributed by atoms with Gasteiger partial charge in [-0.1, -0.05) is 18.2 Å². The van der Waals surface area contributed by atoms with Crippen LogP contribution in [0.25, 0.3) is 10.9 Å². The summed E-state index contributed by atoms with van der Waals surface area (Å²) in [6.45, 7) is 0.329. The normalized spacial score (nSPS) is 15.6. The average molecular weight is 496 g/mol. The van der Waals surface area contributed by atoms with Gasteiger partial charge in [0.25, 0.3) is 0 Å². The molecule has 0 aliphatic rings. The number of nitrogens with one attached hydrogen (secondary N) is 4. The van der Waals surface area contributed by atoms with E-state index in [0.29, 0.717) is 0 Å². The van der Waals surface area contributed by atoms with Crippen molar-refractivity contribution in [1.82, 2.24) is 20.9 Å². The van der Waals surface area contributed by atoms with Crippen molar-refractivity contribution in [1.29, 1.82) is 0 Å². The number of fused-ring (bicyclic) bond motifs is 1. The van der Waals surface area contributed by atoms with Crippen LogP contribution in [0.15, 0.2) is 30.5 Å². The summed E-state index contributed by atoms with van der Waals surface area (Å²) < 4.78 is 0. The molecule has 0 aliphatic carbocycles. The zero-order valence-corrected chi connectivity index (χ0v) is 19.3. The molecule has 3 amide bonds. The van der Waals surface area contributed by atoms with E-state index in [4.69, 9.17) is 15.9 Å². The first-order valence-electron chi connectivity index (χ1n) is 10.4. The number of para-hydroxylation sites is 1. The number of H-pyrrole nitrogens is 1. The smallest absolute Gasteiger partial charge is 0.328 e. The highest BCUT2D eigenvalue weighted by Gasteiger charge is 2.32. The second-order valence-corrected chi connectivity index (χ2v) is 8.09. The molecule has 0 aliphatic heterocycles. The number of hydrogen-bond donors (Lipinski definition) is 9. The molecule has 0 radical (unpaired) electrons. The third-order valence-electron chi connectivity index (χ3n) is 5.13. The topological polar surface area (TPSA) is 207 Å². The highest BCUT2D eigenvalue weighted by molar-refractivity contribution is 7.80. The summed E-state index contributed by atoms with van der Waals surface area (Å²) in [6, 6.07) is 2.19. The molecule has 0 saturated carbocycles. The maximum atomic E-state index is 12.7. The molecule has 0 saturated heterocycles. The second-order valence-electron chi connectivity index (χ2n) is 7.72. The fourth-order valence-corrected chi connectivity index (χ4v) is 3.47. The van der Waals surface area contributed by atoms with E-state index in [9.17, 15) is 24.3 Å². The number of aromatic amines is 1. The number of nitrogens with two attached hydrogens (primary N) is 1. The molecule has 2 rings (SSSR count). The van der Waals surface area contributed by atoms with Gasteiger partial charge in [-0.2, -0.15) is 12.6 Å². The lowest BCUT2D eigenvalue weighted by Gasteiger charge is -2.25. The van der Waals surface area contributed by atoms with Gasteiger partial charge in [-0.25, -0.2) is 4.79 Å². The van der Waals surface area contributed by atoms with Gasteiger partial charge in [0, 0.05) is 22.9 Å². The molecule has 5 atom stereocenters. The number of aliphatic hydroxyl groups excluding tert-OH is 2. The standard InChI is InChI=1S/C21H29N5O7S/c1-10(28)17(20(31)24-15(8-27)21(32)33)26-19(30)16(9-34)25-18(29)13(22)6-11-7-23-14-5-3-2-4-12(11)14/h2-5,7,10,13,15-17,23,27-28,34H,6,8-9,22H2,1H3,(H,24,31)(H,25,29)(H,26,30)(H,32,33). The fraction of sp³-hybridized carbons (Fsp3) is 0.429. The molecule has 1 heterocycles. The van der Waals surface area contributed by atoms with Crippen molar-refractivity contribution >= 4 is 47.2 Å². The monoisotopic (exact) mass is 495 g/mol. The second kappa shape index (κ2) is 12.4. The Morgan fingerprint density at radius 3 is 2.29 bits per heavy atom. The van der Waals surface area contributed by atoms with Crippen molar-refractivity contribution in [2.75, 3.05) is 12.4 Å². The lowest BCUT2D eigenvalue weighted by atomic mass is 10.0. The summed E-state index contributed by atoms with van der Waals surface area (Å²) in [6.07, 6.45) is 0.550. The molecule has 13 heteroatoms. The molecule has 1 aromatic carbocycles. The van der Waals surface area contributed by atoms with Gasteiger partial charge in [-0.05, 0) is 25.0 Å². The Bertz CT molecular complexity index is 1030. The molecule has 9 N–H and O–H groups in total. The van der Waals surface area contributed by atoms with Crippen molar-refractivity contribution in [3.8, 4) is 0 Å². The highest BCUT2D eigenvalue weighted by atomic mass is 32.1. The van der Waals surface area contributed by atoms with Gasteiger partial charge >= 0.3 is 5.97 Å². The number of aromatic nitrogens is 1. The van der Waals surface area contributed by atoms with Crippen LogP contribution in [0.5, 0.6) is 0 Å². The van der Waals surface area contributed by atoms with Crippen LogP contribution in [0.1, 0.15) is 12.5 Å². The van der Waals surface area contributed by atoms with Crippen molar-refractivity contribution < 1.29 is 34.5 Å². The number of rotatable bonds is 12. The summed E-state index contributed by atoms with van der Waals surface area (Å²) in [4.78, 5) is 51.7. The first-order chi connectivity index (χ1) is 16.1. The molecule has 186 valence electrons. The lowest BCUT2D eigenvalue weighted by Crippen LogP contribution is -2.60. The number of aliphatic hydroxyl groups is 2. The van der Waals surface area contributed by atoms with E-state index in [-0.39, 0.29) is 12.2 Å². The molecule has 1 aromatic heterocycles. The van der Waals surface area contributed by atoms with Crippen LogP contribution in [0.4, 0.5) is 0 Å². The number of thiol groups is 1. The Balaban J connectivity index is 2.01. The quantitative estimate of drug-likeness (QED) is 0.148. The third kappa shape index (κ3) is 6.93. The molecule has 34 heavy (non-hydrogen) atoms. The minimum Gasteiger partial charge on any atom is -0.480 e. The molecule has 0 bridgehead atoms. The van der Waals surface area contributed by atoms with Gasteiger partial charge in [-0.3, -0.25) is 14.4 Å². The Hall–Kier alpha value is -3.13. The minimum absolute atomic E-state index is 0.139. The van der Waals surface area contributed by atoms with E-state index < -0.39 is 60.6 Å². The summed E-state index contributed by atoms with van der Waals surface area (Å²) in [5, 5.41) is 35.6. The predicted molar refractivity (Wildman–Crippen MR) is 126 cm³/mol. The maximum absolute atomic E-state index is 12.7. The Kier molecular flexibility index (Phi) is 9.86. The number of amides is 3. The maximum Gasteiger partial charge on any atom is 0.328 e. The van der Waals surface area contributed by atoms with E-state index in [1.807, 2.05) is 29.6 Å². The van der Waals surface area contributed by atoms with E-state index in [2.05, 4.69) is 28.2 Å². The predicted octanol–water partition coefficient (Wildman–Crippen LogP) is -2.12. The van der Waals surface area contributed by atoms with Gasteiger partial charge in [0.15, 0.2) is 0 Å². The first-order valence-corrected chi connectivity index (χ1v) is 11.1. The lowest BCUT2D eigenvalue weighted by molar-refractivity contribution is -0.144. The fourth-order valence-electron chi connectivity index (χ4n) is 3.21. The summed E-state index contributed by atoms with van der Waals surface area (Å²) >= 11 is 4.06. The number of carboxylic acids is 1. The van der Waals surface area contributed by atoms with Gasteiger partial charge in [0.05, 0.1) is 18.8 Å². The van der Waals surface area contributed by atoms with E-state index in [1.165, 1.54) is 6.92 Å². The zero-order chi connectivity index (χ0) is 25.4. The number of hydrogen-bond acceptors (Lipinski definition) is 8. The number of aliphatic carboxylic acids is 1. The van der Waals surface area contributed by atoms with Crippen LogP contribution in [-0.4, -0.2) is 86.6 Å². The molecule has 0 fully saturated rings. The van der Waals surface area contributed by atoms with Crippen LogP contribution in [0.3, 0.4) is 0 Å². The summed E-state index contributed by atoms with van der Waals surface area (Å²) in [5.41, 5.74) is 7.75. The highest BCUT2D eigenvalue weighted by Crippen LogP contribution is 2.18. The van der Waals surface area contributed by atoms with Crippen LogP contribution in [-0.2, 0) is 25.6 Å². The number of carbonyl (C=O) groups is 4. The Morgan fingerprint density at radius 1 is 1.06 bits per heavy atom. The summed E-state index contributed by atoms with van der Waals surface area (Å²) in [5.74, 6) is -4.11. The van der Waals surface area contributed by atoms with E-state index in [0.717, 1.165) is 16.5 Å². The van der Waals surface area contributed by atoms with Gasteiger partial charge in [0.2, 0.25) is 17.7 Å². The van der Waals surface area contributed by atoms with Crippen LogP contribution < -0.4 is 21.7 Å². The molecular weight excluding hydrogens is 466 g/mol. The Labute approximate surface area is 200 Å². The van der Waals surface area contributed by atoms with Gasteiger partial charge < -0.3 is 42.0 Å². The van der Waals surface area contributed by atoms with E-state index in [1.54, 1.807) is 6.20 Å². The molecule has 0 spiro atoms. The van der Waals surface area contributed by atoms with Crippen molar-refractivity contribution in [3.05, 3.63) is 36.0 Å². The molecule has 2 aromatic rings.